The average molecular weight is 226 g/mol. The van der Waals surface area contributed by atoms with Crippen molar-refractivity contribution in [3.05, 3.63) is 16.6 Å². The zero-order valence-electron chi connectivity index (χ0n) is 9.27. The van der Waals surface area contributed by atoms with E-state index in [4.69, 9.17) is 4.74 Å². The lowest BCUT2D eigenvalue weighted by molar-refractivity contribution is 0.0116. The summed E-state index contributed by atoms with van der Waals surface area (Å²) in [6.45, 7) is 5.23. The molecule has 0 radical (unpaired) electrons. The van der Waals surface area contributed by atoms with Crippen molar-refractivity contribution in [1.29, 1.82) is 0 Å². The smallest absolute Gasteiger partial charge is 0.0794 e. The van der Waals surface area contributed by atoms with Gasteiger partial charge in [0.05, 0.1) is 11.6 Å². The molecule has 0 spiro atoms. The van der Waals surface area contributed by atoms with Gasteiger partial charge in [-0.1, -0.05) is 0 Å². The number of nitrogens with one attached hydrogen (secondary N) is 1. The first-order valence-corrected chi connectivity index (χ1v) is 6.39. The number of thiazole rings is 1. The molecule has 1 aliphatic heterocycles. The monoisotopic (exact) mass is 226 g/mol. The van der Waals surface area contributed by atoms with Gasteiger partial charge < -0.3 is 10.1 Å². The summed E-state index contributed by atoms with van der Waals surface area (Å²) in [6, 6.07) is 0.999. The SMILES string of the molecule is CC1CC(NC(C)c2cncs2)CCO1. The van der Waals surface area contributed by atoms with Crippen LogP contribution in [-0.2, 0) is 4.74 Å². The lowest BCUT2D eigenvalue weighted by atomic mass is 10.0. The highest BCUT2D eigenvalue weighted by molar-refractivity contribution is 7.09. The fourth-order valence-electron chi connectivity index (χ4n) is 2.02. The normalized spacial score (nSPS) is 28.9. The topological polar surface area (TPSA) is 34.2 Å². The Balaban J connectivity index is 1.86. The number of hydrogen-bond donors (Lipinski definition) is 1. The molecule has 84 valence electrons. The minimum atomic E-state index is 0.393. The maximum absolute atomic E-state index is 5.53. The Labute approximate surface area is 94.9 Å². The molecule has 0 aromatic carbocycles. The summed E-state index contributed by atoms with van der Waals surface area (Å²) in [5.41, 5.74) is 1.89. The molecular weight excluding hydrogens is 208 g/mol. The zero-order chi connectivity index (χ0) is 10.7. The largest absolute Gasteiger partial charge is 0.378 e. The van der Waals surface area contributed by atoms with Crippen LogP contribution in [0.3, 0.4) is 0 Å². The first-order chi connectivity index (χ1) is 7.25. The average Bonchev–Trinajstić information content (AvgIpc) is 2.70. The van der Waals surface area contributed by atoms with Gasteiger partial charge in [-0.05, 0) is 26.7 Å². The van der Waals surface area contributed by atoms with E-state index in [0.29, 0.717) is 18.2 Å². The molecule has 1 saturated heterocycles. The first kappa shape index (κ1) is 11.0. The lowest BCUT2D eigenvalue weighted by Gasteiger charge is -2.30. The van der Waals surface area contributed by atoms with E-state index in [-0.39, 0.29) is 0 Å². The van der Waals surface area contributed by atoms with Gasteiger partial charge >= 0.3 is 0 Å². The maximum atomic E-state index is 5.53. The van der Waals surface area contributed by atoms with Crippen LogP contribution in [-0.4, -0.2) is 23.7 Å². The van der Waals surface area contributed by atoms with Crippen LogP contribution < -0.4 is 5.32 Å². The Hall–Kier alpha value is -0.450. The molecule has 0 saturated carbocycles. The fourth-order valence-corrected chi connectivity index (χ4v) is 2.66. The molecule has 1 aromatic rings. The number of nitrogens with zero attached hydrogens (tertiary/aromatic N) is 1. The molecule has 0 aliphatic carbocycles. The molecule has 3 nitrogen and oxygen atoms in total. The van der Waals surface area contributed by atoms with Gasteiger partial charge in [-0.2, -0.15) is 0 Å². The van der Waals surface area contributed by atoms with Crippen molar-refractivity contribution in [2.45, 2.75) is 44.9 Å². The summed E-state index contributed by atoms with van der Waals surface area (Å²) >= 11 is 1.72. The van der Waals surface area contributed by atoms with Crippen molar-refractivity contribution in [2.24, 2.45) is 0 Å². The number of hydrogen-bond acceptors (Lipinski definition) is 4. The Morgan fingerprint density at radius 2 is 2.53 bits per heavy atom. The van der Waals surface area contributed by atoms with Crippen LogP contribution in [0.15, 0.2) is 11.7 Å². The number of rotatable bonds is 3. The van der Waals surface area contributed by atoms with Gasteiger partial charge in [-0.3, -0.25) is 4.98 Å². The van der Waals surface area contributed by atoms with E-state index < -0.39 is 0 Å². The Morgan fingerprint density at radius 3 is 3.20 bits per heavy atom. The van der Waals surface area contributed by atoms with Crippen LogP contribution in [0.2, 0.25) is 0 Å². The summed E-state index contributed by atoms with van der Waals surface area (Å²) in [6.07, 6.45) is 4.58. The maximum Gasteiger partial charge on any atom is 0.0794 e. The van der Waals surface area contributed by atoms with Gasteiger partial charge in [0.2, 0.25) is 0 Å². The van der Waals surface area contributed by atoms with E-state index in [1.54, 1.807) is 11.3 Å². The fraction of sp³-hybridized carbons (Fsp3) is 0.727. The second-order valence-corrected chi connectivity index (χ2v) is 5.11. The molecular formula is C11H18N2OS. The predicted octanol–water partition coefficient (Wildman–Crippen LogP) is 2.36. The van der Waals surface area contributed by atoms with Crippen molar-refractivity contribution < 1.29 is 4.74 Å². The number of ether oxygens (including phenoxy) is 1. The van der Waals surface area contributed by atoms with Gasteiger partial charge in [0.1, 0.15) is 0 Å². The molecule has 1 fully saturated rings. The van der Waals surface area contributed by atoms with Gasteiger partial charge in [-0.25, -0.2) is 0 Å². The van der Waals surface area contributed by atoms with E-state index in [0.717, 1.165) is 19.4 Å². The Kier molecular flexibility index (Phi) is 3.72. The lowest BCUT2D eigenvalue weighted by Crippen LogP contribution is -2.39. The quantitative estimate of drug-likeness (QED) is 0.859. The van der Waals surface area contributed by atoms with Crippen molar-refractivity contribution in [3.63, 3.8) is 0 Å². The summed E-state index contributed by atoms with van der Waals surface area (Å²) < 4.78 is 5.53. The molecule has 3 atom stereocenters. The van der Waals surface area contributed by atoms with Crippen LogP contribution in [0.25, 0.3) is 0 Å². The van der Waals surface area contributed by atoms with E-state index in [9.17, 15) is 0 Å². The molecule has 4 heteroatoms. The van der Waals surface area contributed by atoms with Crippen molar-refractivity contribution in [1.82, 2.24) is 10.3 Å². The van der Waals surface area contributed by atoms with E-state index >= 15 is 0 Å². The van der Waals surface area contributed by atoms with E-state index in [1.807, 2.05) is 11.7 Å². The van der Waals surface area contributed by atoms with Crippen LogP contribution in [0.1, 0.15) is 37.6 Å². The van der Waals surface area contributed by atoms with E-state index in [2.05, 4.69) is 24.1 Å². The minimum absolute atomic E-state index is 0.393. The van der Waals surface area contributed by atoms with Crippen molar-refractivity contribution >= 4 is 11.3 Å². The van der Waals surface area contributed by atoms with Crippen LogP contribution in [0.4, 0.5) is 0 Å². The second-order valence-electron chi connectivity index (χ2n) is 4.19. The first-order valence-electron chi connectivity index (χ1n) is 5.51. The van der Waals surface area contributed by atoms with Gasteiger partial charge in [-0.15, -0.1) is 11.3 Å². The summed E-state index contributed by atoms with van der Waals surface area (Å²) in [4.78, 5) is 5.42. The second kappa shape index (κ2) is 5.05. The summed E-state index contributed by atoms with van der Waals surface area (Å²) in [5.74, 6) is 0. The Morgan fingerprint density at radius 1 is 1.67 bits per heavy atom. The third-order valence-corrected chi connectivity index (χ3v) is 3.81. The summed E-state index contributed by atoms with van der Waals surface area (Å²) in [7, 11) is 0. The van der Waals surface area contributed by atoms with Crippen LogP contribution in [0, 0.1) is 0 Å². The van der Waals surface area contributed by atoms with Gasteiger partial charge in [0.15, 0.2) is 0 Å². The molecule has 1 aromatic heterocycles. The summed E-state index contributed by atoms with van der Waals surface area (Å²) in [5, 5.41) is 3.64. The highest BCUT2D eigenvalue weighted by Crippen LogP contribution is 2.20. The minimum Gasteiger partial charge on any atom is -0.378 e. The van der Waals surface area contributed by atoms with Gasteiger partial charge in [0.25, 0.3) is 0 Å². The number of aromatic nitrogens is 1. The molecule has 1 aliphatic rings. The molecule has 3 unspecified atom stereocenters. The molecule has 2 heterocycles. The molecule has 1 N–H and O–H groups in total. The van der Waals surface area contributed by atoms with Crippen LogP contribution >= 0.6 is 11.3 Å². The molecule has 0 bridgehead atoms. The third kappa shape index (κ3) is 3.00. The standard InChI is InChI=1S/C11H18N2OS/c1-8-5-10(3-4-14-8)13-9(2)11-6-12-7-15-11/h6-10,13H,3-5H2,1-2H3. The third-order valence-electron chi connectivity index (χ3n) is 2.85. The highest BCUT2D eigenvalue weighted by Gasteiger charge is 2.21. The van der Waals surface area contributed by atoms with E-state index in [1.165, 1.54) is 4.88 Å². The predicted molar refractivity (Wildman–Crippen MR) is 62.1 cm³/mol. The molecule has 15 heavy (non-hydrogen) atoms. The zero-order valence-corrected chi connectivity index (χ0v) is 10.1. The molecule has 2 rings (SSSR count). The highest BCUT2D eigenvalue weighted by atomic mass is 32.1. The van der Waals surface area contributed by atoms with Crippen LogP contribution in [0.5, 0.6) is 0 Å². The van der Waals surface area contributed by atoms with Crippen molar-refractivity contribution in [2.75, 3.05) is 6.61 Å². The Bertz CT molecular complexity index is 289. The van der Waals surface area contributed by atoms with Gasteiger partial charge in [0, 0.05) is 29.8 Å². The van der Waals surface area contributed by atoms with Crippen molar-refractivity contribution in [3.8, 4) is 0 Å². The molecule has 0 amide bonds.